The van der Waals surface area contributed by atoms with Gasteiger partial charge in [-0.2, -0.15) is 0 Å². The van der Waals surface area contributed by atoms with Gasteiger partial charge in [-0.25, -0.2) is 0 Å². The van der Waals surface area contributed by atoms with Crippen LogP contribution in [0.2, 0.25) is 0 Å². The minimum atomic E-state index is 0.132. The van der Waals surface area contributed by atoms with Crippen molar-refractivity contribution >= 4 is 0 Å². The molecule has 1 atom stereocenters. The highest BCUT2D eigenvalue weighted by Crippen LogP contribution is 2.07. The first-order chi connectivity index (χ1) is 8.74. The van der Waals surface area contributed by atoms with Gasteiger partial charge in [-0.3, -0.25) is 4.90 Å². The van der Waals surface area contributed by atoms with Crippen molar-refractivity contribution in [2.24, 2.45) is 0 Å². The summed E-state index contributed by atoms with van der Waals surface area (Å²) in [6, 6.07) is 0. The summed E-state index contributed by atoms with van der Waals surface area (Å²) in [5.74, 6) is 0. The lowest BCUT2D eigenvalue weighted by atomic mass is 10.1. The Balaban J connectivity index is 3.48. The molecule has 0 aliphatic carbocycles. The van der Waals surface area contributed by atoms with E-state index in [1.54, 1.807) is 0 Å². The van der Waals surface area contributed by atoms with E-state index in [1.807, 2.05) is 4.90 Å². The Kier molecular flexibility index (Phi) is 13.2. The molecule has 0 spiro atoms. The molecular weight excluding hydrogens is 230 g/mol. The van der Waals surface area contributed by atoms with Gasteiger partial charge in [-0.15, -0.1) is 0 Å². The lowest BCUT2D eigenvalue weighted by Crippen LogP contribution is -2.33. The molecule has 110 valence electrons. The highest BCUT2D eigenvalue weighted by atomic mass is 16.5. The quantitative estimate of drug-likeness (QED) is 0.495. The number of rotatable bonds is 13. The number of hydrogen-bond donors (Lipinski definition) is 2. The fraction of sp³-hybridized carbons (Fsp3) is 1.00. The number of unbranched alkanes of at least 4 members (excludes halogenated alkanes) is 3. The van der Waals surface area contributed by atoms with E-state index in [0.717, 1.165) is 13.0 Å². The zero-order valence-electron chi connectivity index (χ0n) is 12.1. The molecule has 0 aromatic rings. The second kappa shape index (κ2) is 13.3. The van der Waals surface area contributed by atoms with E-state index in [0.29, 0.717) is 25.8 Å². The Hall–Kier alpha value is -0.160. The summed E-state index contributed by atoms with van der Waals surface area (Å²) in [6.45, 7) is 7.27. The average molecular weight is 261 g/mol. The molecule has 0 fully saturated rings. The third-order valence-electron chi connectivity index (χ3n) is 3.11. The Morgan fingerprint density at radius 1 is 1.00 bits per heavy atom. The van der Waals surface area contributed by atoms with Crippen molar-refractivity contribution < 1.29 is 14.9 Å². The molecule has 0 saturated carbocycles. The average Bonchev–Trinajstić information content (AvgIpc) is 2.35. The zero-order valence-corrected chi connectivity index (χ0v) is 12.1. The van der Waals surface area contributed by atoms with Crippen LogP contribution in [-0.4, -0.2) is 60.7 Å². The minimum Gasteiger partial charge on any atom is -0.395 e. The molecule has 4 nitrogen and oxygen atoms in total. The Morgan fingerprint density at radius 3 is 2.22 bits per heavy atom. The molecule has 2 N–H and O–H groups in total. The first-order valence-corrected chi connectivity index (χ1v) is 7.30. The zero-order chi connectivity index (χ0) is 13.6. The van der Waals surface area contributed by atoms with E-state index in [4.69, 9.17) is 14.9 Å². The van der Waals surface area contributed by atoms with Crippen LogP contribution in [0.3, 0.4) is 0 Å². The fourth-order valence-corrected chi connectivity index (χ4v) is 1.94. The van der Waals surface area contributed by atoms with Crippen LogP contribution in [-0.2, 0) is 4.74 Å². The summed E-state index contributed by atoms with van der Waals surface area (Å²) < 4.78 is 5.74. The molecule has 0 saturated heterocycles. The molecule has 0 aromatic heterocycles. The van der Waals surface area contributed by atoms with Crippen LogP contribution in [0.15, 0.2) is 0 Å². The largest absolute Gasteiger partial charge is 0.395 e. The summed E-state index contributed by atoms with van der Waals surface area (Å²) in [6.07, 6.45) is 6.56. The third kappa shape index (κ3) is 11.0. The lowest BCUT2D eigenvalue weighted by molar-refractivity contribution is 0.0362. The van der Waals surface area contributed by atoms with E-state index in [2.05, 4.69) is 13.8 Å². The number of aliphatic hydroxyl groups excluding tert-OH is 2. The monoisotopic (exact) mass is 261 g/mol. The van der Waals surface area contributed by atoms with E-state index in [9.17, 15) is 0 Å². The summed E-state index contributed by atoms with van der Waals surface area (Å²) in [5, 5.41) is 17.7. The highest BCUT2D eigenvalue weighted by Gasteiger charge is 2.06. The maximum Gasteiger partial charge on any atom is 0.0597 e. The van der Waals surface area contributed by atoms with Gasteiger partial charge < -0.3 is 14.9 Å². The van der Waals surface area contributed by atoms with Gasteiger partial charge in [0.05, 0.1) is 25.9 Å². The van der Waals surface area contributed by atoms with Crippen LogP contribution in [0.25, 0.3) is 0 Å². The van der Waals surface area contributed by atoms with Gasteiger partial charge in [0.1, 0.15) is 0 Å². The molecule has 0 radical (unpaired) electrons. The van der Waals surface area contributed by atoms with Gasteiger partial charge in [0.2, 0.25) is 0 Å². The van der Waals surface area contributed by atoms with Crippen molar-refractivity contribution in [3.63, 3.8) is 0 Å². The molecule has 0 bridgehead atoms. The van der Waals surface area contributed by atoms with Crippen LogP contribution in [0.1, 0.15) is 46.0 Å². The van der Waals surface area contributed by atoms with Gasteiger partial charge in [0.25, 0.3) is 0 Å². The normalized spacial score (nSPS) is 13.2. The molecule has 0 rings (SSSR count). The number of aliphatic hydroxyl groups is 2. The molecule has 0 amide bonds. The smallest absolute Gasteiger partial charge is 0.0597 e. The van der Waals surface area contributed by atoms with Crippen LogP contribution in [0.4, 0.5) is 0 Å². The van der Waals surface area contributed by atoms with E-state index >= 15 is 0 Å². The summed E-state index contributed by atoms with van der Waals surface area (Å²) in [7, 11) is 0. The van der Waals surface area contributed by atoms with Crippen LogP contribution in [0, 0.1) is 0 Å². The molecule has 0 aromatic carbocycles. The van der Waals surface area contributed by atoms with Gasteiger partial charge in [-0.05, 0) is 13.3 Å². The maximum atomic E-state index is 8.87. The van der Waals surface area contributed by atoms with Gasteiger partial charge in [0, 0.05) is 19.6 Å². The first-order valence-electron chi connectivity index (χ1n) is 7.30. The van der Waals surface area contributed by atoms with Crippen LogP contribution >= 0.6 is 0 Å². The minimum absolute atomic E-state index is 0.132. The van der Waals surface area contributed by atoms with Crippen LogP contribution < -0.4 is 0 Å². The predicted octanol–water partition coefficient (Wildman–Crippen LogP) is 1.65. The molecule has 4 heteroatoms. The van der Waals surface area contributed by atoms with Crippen molar-refractivity contribution in [1.29, 1.82) is 0 Å². The SMILES string of the molecule is CCCCCCC(C)OCCN(CCO)CCO. The first kappa shape index (κ1) is 17.8. The topological polar surface area (TPSA) is 52.9 Å². The molecule has 18 heavy (non-hydrogen) atoms. The summed E-state index contributed by atoms with van der Waals surface area (Å²) in [5.41, 5.74) is 0. The van der Waals surface area contributed by atoms with Gasteiger partial charge in [0.15, 0.2) is 0 Å². The Labute approximate surface area is 112 Å². The van der Waals surface area contributed by atoms with Crippen molar-refractivity contribution in [2.75, 3.05) is 39.5 Å². The Morgan fingerprint density at radius 2 is 1.67 bits per heavy atom. The van der Waals surface area contributed by atoms with Crippen molar-refractivity contribution in [2.45, 2.75) is 52.1 Å². The predicted molar refractivity (Wildman–Crippen MR) is 74.8 cm³/mol. The highest BCUT2D eigenvalue weighted by molar-refractivity contribution is 4.57. The van der Waals surface area contributed by atoms with Crippen molar-refractivity contribution in [1.82, 2.24) is 4.90 Å². The second-order valence-electron chi connectivity index (χ2n) is 4.82. The number of ether oxygens (including phenoxy) is 1. The van der Waals surface area contributed by atoms with Gasteiger partial charge in [-0.1, -0.05) is 32.6 Å². The Bertz CT molecular complexity index is 161. The maximum absolute atomic E-state index is 8.87. The fourth-order valence-electron chi connectivity index (χ4n) is 1.94. The molecular formula is C14H31NO3. The molecule has 0 aliphatic heterocycles. The molecule has 0 heterocycles. The van der Waals surface area contributed by atoms with Gasteiger partial charge >= 0.3 is 0 Å². The van der Waals surface area contributed by atoms with E-state index in [1.165, 1.54) is 25.7 Å². The number of nitrogens with zero attached hydrogens (tertiary/aromatic N) is 1. The second-order valence-corrected chi connectivity index (χ2v) is 4.82. The summed E-state index contributed by atoms with van der Waals surface area (Å²) in [4.78, 5) is 2.02. The van der Waals surface area contributed by atoms with Crippen LogP contribution in [0.5, 0.6) is 0 Å². The molecule has 1 unspecified atom stereocenters. The van der Waals surface area contributed by atoms with Crippen molar-refractivity contribution in [3.8, 4) is 0 Å². The summed E-state index contributed by atoms with van der Waals surface area (Å²) >= 11 is 0. The van der Waals surface area contributed by atoms with Crippen molar-refractivity contribution in [3.05, 3.63) is 0 Å². The third-order valence-corrected chi connectivity index (χ3v) is 3.11. The molecule has 0 aliphatic rings. The number of hydrogen-bond acceptors (Lipinski definition) is 4. The van der Waals surface area contributed by atoms with E-state index in [-0.39, 0.29) is 13.2 Å². The van der Waals surface area contributed by atoms with E-state index < -0.39 is 0 Å². The standard InChI is InChI=1S/C14H31NO3/c1-3-4-5-6-7-14(2)18-13-10-15(8-11-16)9-12-17/h14,16-17H,3-13H2,1-2H3. The lowest BCUT2D eigenvalue weighted by Gasteiger charge is -2.21.